The van der Waals surface area contributed by atoms with Gasteiger partial charge in [0.15, 0.2) is 17.5 Å². The summed E-state index contributed by atoms with van der Waals surface area (Å²) in [6.45, 7) is 0. The Kier molecular flexibility index (Phi) is 5.90. The Balaban J connectivity index is 1.25. The molecule has 0 bridgehead atoms. The van der Waals surface area contributed by atoms with Gasteiger partial charge < -0.3 is 4.42 Å². The van der Waals surface area contributed by atoms with Gasteiger partial charge in [0.25, 0.3) is 0 Å². The lowest BCUT2D eigenvalue weighted by molar-refractivity contribution is 0.669. The third kappa shape index (κ3) is 4.20. The molecule has 4 nitrogen and oxygen atoms in total. The molecule has 0 amide bonds. The number of benzene rings is 8. The standard InChI is InChI=1S/C43H24ClN3O/c44-29-19-16-26-18-21-38-40(36(26)24-29)35-20-17-28(23-39(35)48-38)41-45-42(34-15-7-10-25-8-1-3-11-30(25)34)47-43(46-41)37-22-27-9-2-4-12-31(27)32-13-5-6-14-33(32)37/h1-24H. The molecule has 0 aliphatic heterocycles. The van der Waals surface area contributed by atoms with Crippen LogP contribution < -0.4 is 0 Å². The van der Waals surface area contributed by atoms with Gasteiger partial charge in [0.2, 0.25) is 0 Å². The van der Waals surface area contributed by atoms with Crippen molar-refractivity contribution in [1.29, 1.82) is 0 Å². The van der Waals surface area contributed by atoms with E-state index in [4.69, 9.17) is 31.0 Å². The zero-order valence-corrected chi connectivity index (χ0v) is 26.2. The van der Waals surface area contributed by atoms with Crippen LogP contribution in [-0.2, 0) is 0 Å². The summed E-state index contributed by atoms with van der Waals surface area (Å²) in [4.78, 5) is 15.5. The van der Waals surface area contributed by atoms with Crippen LogP contribution in [0.5, 0.6) is 0 Å². The lowest BCUT2D eigenvalue weighted by Gasteiger charge is -2.13. The molecule has 0 unspecified atom stereocenters. The molecule has 10 aromatic rings. The van der Waals surface area contributed by atoms with Crippen molar-refractivity contribution in [3.05, 3.63) is 151 Å². The van der Waals surface area contributed by atoms with Crippen LogP contribution in [0.4, 0.5) is 0 Å². The number of rotatable bonds is 3. The molecule has 0 aliphatic rings. The molecule has 0 radical (unpaired) electrons. The smallest absolute Gasteiger partial charge is 0.164 e. The van der Waals surface area contributed by atoms with Crippen LogP contribution in [0.2, 0.25) is 5.02 Å². The number of hydrogen-bond acceptors (Lipinski definition) is 4. The molecule has 0 fully saturated rings. The number of fused-ring (bicyclic) bond motifs is 9. The molecule has 0 N–H and O–H groups in total. The van der Waals surface area contributed by atoms with Gasteiger partial charge >= 0.3 is 0 Å². The van der Waals surface area contributed by atoms with Gasteiger partial charge in [0.1, 0.15) is 11.2 Å². The van der Waals surface area contributed by atoms with E-state index in [0.717, 1.165) is 76.3 Å². The minimum atomic E-state index is 0.579. The first-order valence-corrected chi connectivity index (χ1v) is 16.3. The molecule has 0 spiro atoms. The minimum absolute atomic E-state index is 0.579. The predicted octanol–water partition coefficient (Wildman–Crippen LogP) is 12.0. The normalized spacial score (nSPS) is 11.9. The molecular weight excluding hydrogens is 610 g/mol. The van der Waals surface area contributed by atoms with Gasteiger partial charge in [-0.05, 0) is 79.5 Å². The molecule has 0 saturated carbocycles. The topological polar surface area (TPSA) is 51.8 Å². The largest absolute Gasteiger partial charge is 0.456 e. The van der Waals surface area contributed by atoms with Crippen LogP contribution >= 0.6 is 11.6 Å². The van der Waals surface area contributed by atoms with Crippen molar-refractivity contribution >= 4 is 76.6 Å². The fourth-order valence-corrected chi connectivity index (χ4v) is 7.28. The number of nitrogens with zero attached hydrogens (tertiary/aromatic N) is 3. The Labute approximate surface area is 279 Å². The summed E-state index contributed by atoms with van der Waals surface area (Å²) < 4.78 is 6.44. The third-order valence-corrected chi connectivity index (χ3v) is 9.58. The van der Waals surface area contributed by atoms with Gasteiger partial charge in [-0.1, -0.05) is 121 Å². The van der Waals surface area contributed by atoms with Gasteiger partial charge in [0.05, 0.1) is 0 Å². The molecule has 2 aromatic heterocycles. The van der Waals surface area contributed by atoms with Gasteiger partial charge in [-0.2, -0.15) is 0 Å². The second-order valence-corrected chi connectivity index (χ2v) is 12.6. The lowest BCUT2D eigenvalue weighted by Crippen LogP contribution is -2.01. The first-order chi connectivity index (χ1) is 23.7. The molecular formula is C43H24ClN3O. The van der Waals surface area contributed by atoms with E-state index in [2.05, 4.69) is 115 Å². The van der Waals surface area contributed by atoms with Crippen LogP contribution in [0, 0.1) is 0 Å². The van der Waals surface area contributed by atoms with Crippen LogP contribution in [0.1, 0.15) is 0 Å². The van der Waals surface area contributed by atoms with Crippen LogP contribution in [0.25, 0.3) is 99.2 Å². The highest BCUT2D eigenvalue weighted by Gasteiger charge is 2.19. The number of halogens is 1. The van der Waals surface area contributed by atoms with Gasteiger partial charge in [-0.3, -0.25) is 0 Å². The van der Waals surface area contributed by atoms with Crippen LogP contribution in [-0.4, -0.2) is 15.0 Å². The molecule has 0 saturated heterocycles. The van der Waals surface area contributed by atoms with Crippen molar-refractivity contribution in [3.8, 4) is 34.2 Å². The maximum Gasteiger partial charge on any atom is 0.164 e. The monoisotopic (exact) mass is 633 g/mol. The van der Waals surface area contributed by atoms with Gasteiger partial charge in [-0.15, -0.1) is 0 Å². The quantitative estimate of drug-likeness (QED) is 0.182. The highest BCUT2D eigenvalue weighted by molar-refractivity contribution is 6.32. The average Bonchev–Trinajstić information content (AvgIpc) is 3.52. The van der Waals surface area contributed by atoms with Crippen molar-refractivity contribution in [2.75, 3.05) is 0 Å². The Morgan fingerprint density at radius 3 is 1.94 bits per heavy atom. The average molecular weight is 634 g/mol. The van der Waals surface area contributed by atoms with Gasteiger partial charge in [-0.25, -0.2) is 15.0 Å². The Bertz CT molecular complexity index is 2920. The van der Waals surface area contributed by atoms with E-state index in [9.17, 15) is 0 Å². The van der Waals surface area contributed by atoms with E-state index in [1.165, 1.54) is 5.39 Å². The van der Waals surface area contributed by atoms with E-state index in [1.54, 1.807) is 0 Å². The first kappa shape index (κ1) is 27.1. The second kappa shape index (κ2) is 10.5. The second-order valence-electron chi connectivity index (χ2n) is 12.1. The fourth-order valence-electron chi connectivity index (χ4n) is 7.11. The highest BCUT2D eigenvalue weighted by atomic mass is 35.5. The molecule has 5 heteroatoms. The van der Waals surface area contributed by atoms with E-state index in [1.807, 2.05) is 30.3 Å². The SMILES string of the molecule is Clc1ccc2ccc3oc4cc(-c5nc(-c6cccc7ccccc67)nc(-c6cc7ccccc7c7ccccc67)n5)ccc4c3c2c1. The van der Waals surface area contributed by atoms with E-state index >= 15 is 0 Å². The first-order valence-electron chi connectivity index (χ1n) is 15.9. The fraction of sp³-hybridized carbons (Fsp3) is 0. The van der Waals surface area contributed by atoms with Crippen molar-refractivity contribution in [2.24, 2.45) is 0 Å². The predicted molar refractivity (Wildman–Crippen MR) is 198 cm³/mol. The van der Waals surface area contributed by atoms with Crippen molar-refractivity contribution in [1.82, 2.24) is 15.0 Å². The Morgan fingerprint density at radius 2 is 1.06 bits per heavy atom. The maximum absolute atomic E-state index is 6.44. The van der Waals surface area contributed by atoms with Crippen molar-refractivity contribution in [3.63, 3.8) is 0 Å². The number of aromatic nitrogens is 3. The number of hydrogen-bond donors (Lipinski definition) is 0. The summed E-state index contributed by atoms with van der Waals surface area (Å²) in [5.74, 6) is 1.82. The molecule has 8 aromatic carbocycles. The molecule has 224 valence electrons. The summed E-state index contributed by atoms with van der Waals surface area (Å²) >= 11 is 6.43. The zero-order chi connectivity index (χ0) is 31.8. The van der Waals surface area contributed by atoms with E-state index in [-0.39, 0.29) is 0 Å². The summed E-state index contributed by atoms with van der Waals surface area (Å²) in [5, 5.41) is 11.7. The highest BCUT2D eigenvalue weighted by Crippen LogP contribution is 2.39. The summed E-state index contributed by atoms with van der Waals surface area (Å²) in [7, 11) is 0. The number of furan rings is 1. The van der Waals surface area contributed by atoms with Crippen molar-refractivity contribution in [2.45, 2.75) is 0 Å². The third-order valence-electron chi connectivity index (χ3n) is 9.35. The van der Waals surface area contributed by atoms with Crippen LogP contribution in [0.3, 0.4) is 0 Å². The Morgan fingerprint density at radius 1 is 0.396 bits per heavy atom. The summed E-state index contributed by atoms with van der Waals surface area (Å²) in [5.41, 5.74) is 4.34. The molecule has 2 heterocycles. The zero-order valence-electron chi connectivity index (χ0n) is 25.5. The maximum atomic E-state index is 6.44. The van der Waals surface area contributed by atoms with Gasteiger partial charge in [0, 0.05) is 32.5 Å². The lowest BCUT2D eigenvalue weighted by atomic mass is 9.96. The Hall–Kier alpha value is -6.10. The van der Waals surface area contributed by atoms with E-state index in [0.29, 0.717) is 22.5 Å². The molecule has 0 aliphatic carbocycles. The summed E-state index contributed by atoms with van der Waals surface area (Å²) in [6.07, 6.45) is 0. The minimum Gasteiger partial charge on any atom is -0.456 e. The van der Waals surface area contributed by atoms with E-state index < -0.39 is 0 Å². The van der Waals surface area contributed by atoms with Crippen molar-refractivity contribution < 1.29 is 4.42 Å². The molecule has 48 heavy (non-hydrogen) atoms. The molecule has 0 atom stereocenters. The molecule has 10 rings (SSSR count). The van der Waals surface area contributed by atoms with Crippen LogP contribution in [0.15, 0.2) is 150 Å². The summed E-state index contributed by atoms with van der Waals surface area (Å²) in [6, 6.07) is 50.0.